The maximum Gasteiger partial charge on any atom is 0.374 e. The van der Waals surface area contributed by atoms with Gasteiger partial charge < -0.3 is 14.5 Å². The van der Waals surface area contributed by atoms with Crippen LogP contribution in [0, 0.1) is 5.82 Å². The Balaban J connectivity index is 1.55. The lowest BCUT2D eigenvalue weighted by Gasteiger charge is -2.18. The highest BCUT2D eigenvalue weighted by atomic mass is 32.2. The van der Waals surface area contributed by atoms with Crippen molar-refractivity contribution in [3.05, 3.63) is 72.2 Å². The molecule has 0 bridgehead atoms. The number of furan rings is 1. The van der Waals surface area contributed by atoms with Crippen molar-refractivity contribution in [2.75, 3.05) is 25.0 Å². The molecule has 1 heterocycles. The van der Waals surface area contributed by atoms with Crippen LogP contribution in [0.4, 0.5) is 10.1 Å². The molecular formula is C23H23FN2O6S. The van der Waals surface area contributed by atoms with E-state index in [1.165, 1.54) is 65.0 Å². The van der Waals surface area contributed by atoms with Crippen LogP contribution in [-0.2, 0) is 19.6 Å². The minimum atomic E-state index is -3.60. The number of nitrogens with one attached hydrogen (secondary N) is 1. The minimum absolute atomic E-state index is 0.104. The summed E-state index contributed by atoms with van der Waals surface area (Å²) in [5.74, 6) is -1.58. The van der Waals surface area contributed by atoms with Crippen LogP contribution in [0.2, 0.25) is 0 Å². The van der Waals surface area contributed by atoms with Crippen molar-refractivity contribution in [3.63, 3.8) is 0 Å². The lowest BCUT2D eigenvalue weighted by atomic mass is 10.2. The second-order valence-corrected chi connectivity index (χ2v) is 8.85. The number of rotatable bonds is 9. The monoisotopic (exact) mass is 474 g/mol. The highest BCUT2D eigenvalue weighted by Crippen LogP contribution is 2.23. The summed E-state index contributed by atoms with van der Waals surface area (Å²) in [5, 5.41) is 2.53. The summed E-state index contributed by atoms with van der Waals surface area (Å²) in [5.41, 5.74) is 0.936. The van der Waals surface area contributed by atoms with E-state index in [1.54, 1.807) is 13.8 Å². The van der Waals surface area contributed by atoms with E-state index >= 15 is 0 Å². The maximum atomic E-state index is 13.0. The van der Waals surface area contributed by atoms with Gasteiger partial charge in [0.1, 0.15) is 11.6 Å². The molecule has 0 saturated heterocycles. The van der Waals surface area contributed by atoms with Crippen molar-refractivity contribution in [2.24, 2.45) is 0 Å². The average molecular weight is 475 g/mol. The van der Waals surface area contributed by atoms with Gasteiger partial charge in [-0.2, -0.15) is 4.31 Å². The van der Waals surface area contributed by atoms with Gasteiger partial charge in [0.25, 0.3) is 5.91 Å². The fourth-order valence-corrected chi connectivity index (χ4v) is 4.50. The first-order valence-electron chi connectivity index (χ1n) is 10.2. The van der Waals surface area contributed by atoms with Crippen molar-refractivity contribution in [1.82, 2.24) is 4.31 Å². The Morgan fingerprint density at radius 1 is 0.970 bits per heavy atom. The number of sulfonamides is 1. The molecule has 1 aromatic heterocycles. The Hall–Kier alpha value is -3.50. The maximum absolute atomic E-state index is 13.0. The summed E-state index contributed by atoms with van der Waals surface area (Å²) >= 11 is 0. The van der Waals surface area contributed by atoms with Gasteiger partial charge in [-0.1, -0.05) is 13.8 Å². The summed E-state index contributed by atoms with van der Waals surface area (Å²) in [6.45, 7) is 3.64. The van der Waals surface area contributed by atoms with Gasteiger partial charge in [0, 0.05) is 24.3 Å². The molecule has 1 amide bonds. The van der Waals surface area contributed by atoms with E-state index in [0.29, 0.717) is 30.1 Å². The predicted molar refractivity (Wildman–Crippen MR) is 120 cm³/mol. The summed E-state index contributed by atoms with van der Waals surface area (Å²) in [4.78, 5) is 24.4. The van der Waals surface area contributed by atoms with Gasteiger partial charge in [0.2, 0.25) is 15.8 Å². The van der Waals surface area contributed by atoms with E-state index in [1.807, 2.05) is 0 Å². The molecular weight excluding hydrogens is 451 g/mol. The second-order valence-electron chi connectivity index (χ2n) is 6.91. The molecule has 33 heavy (non-hydrogen) atoms. The molecule has 1 N–H and O–H groups in total. The molecule has 2 aromatic carbocycles. The van der Waals surface area contributed by atoms with E-state index in [-0.39, 0.29) is 10.7 Å². The lowest BCUT2D eigenvalue weighted by molar-refractivity contribution is -0.119. The SMILES string of the molecule is CCN(CC)S(=O)(=O)c1ccc(NC(=O)COC(=O)c2ccc(-c3ccc(F)cc3)o2)cc1. The summed E-state index contributed by atoms with van der Waals surface area (Å²) in [7, 11) is -3.60. The largest absolute Gasteiger partial charge is 0.450 e. The zero-order valence-corrected chi connectivity index (χ0v) is 18.9. The van der Waals surface area contributed by atoms with Gasteiger partial charge in [-0.15, -0.1) is 0 Å². The number of nitrogens with zero attached hydrogens (tertiary/aromatic N) is 1. The lowest BCUT2D eigenvalue weighted by Crippen LogP contribution is -2.30. The predicted octanol–water partition coefficient (Wildman–Crippen LogP) is 3.91. The first kappa shape index (κ1) is 24.1. The molecule has 0 fully saturated rings. The van der Waals surface area contributed by atoms with Crippen LogP contribution in [0.15, 0.2) is 70.0 Å². The van der Waals surface area contributed by atoms with E-state index in [9.17, 15) is 22.4 Å². The van der Waals surface area contributed by atoms with E-state index in [2.05, 4.69) is 5.32 Å². The van der Waals surface area contributed by atoms with Gasteiger partial charge in [0.15, 0.2) is 6.61 Å². The number of amides is 1. The molecule has 10 heteroatoms. The van der Waals surface area contributed by atoms with Crippen LogP contribution in [-0.4, -0.2) is 44.3 Å². The van der Waals surface area contributed by atoms with Crippen molar-refractivity contribution >= 4 is 27.6 Å². The molecule has 0 radical (unpaired) electrons. The number of carbonyl (C=O) groups is 2. The molecule has 0 saturated carbocycles. The van der Waals surface area contributed by atoms with Crippen molar-refractivity contribution in [2.45, 2.75) is 18.7 Å². The summed E-state index contributed by atoms with van der Waals surface area (Å²) in [6, 6.07) is 14.2. The molecule has 0 aliphatic rings. The number of benzene rings is 2. The highest BCUT2D eigenvalue weighted by molar-refractivity contribution is 7.89. The highest BCUT2D eigenvalue weighted by Gasteiger charge is 2.21. The number of carbonyl (C=O) groups excluding carboxylic acids is 2. The van der Waals surface area contributed by atoms with Crippen molar-refractivity contribution in [3.8, 4) is 11.3 Å². The zero-order valence-electron chi connectivity index (χ0n) is 18.1. The van der Waals surface area contributed by atoms with E-state index in [4.69, 9.17) is 9.15 Å². The Labute approximate surface area is 191 Å². The van der Waals surface area contributed by atoms with Crippen LogP contribution in [0.5, 0.6) is 0 Å². The second kappa shape index (κ2) is 10.4. The first-order valence-corrected chi connectivity index (χ1v) is 11.6. The fourth-order valence-electron chi connectivity index (χ4n) is 3.04. The molecule has 3 aromatic rings. The molecule has 3 rings (SSSR count). The average Bonchev–Trinajstić information content (AvgIpc) is 3.29. The summed E-state index contributed by atoms with van der Waals surface area (Å²) in [6.07, 6.45) is 0. The standard InChI is InChI=1S/C23H23FN2O6S/c1-3-26(4-2)33(29,30)19-11-9-18(10-12-19)25-22(27)15-31-23(28)21-14-13-20(32-21)16-5-7-17(24)8-6-16/h5-14H,3-4,15H2,1-2H3,(H,25,27). The normalized spacial score (nSPS) is 11.4. The quantitative estimate of drug-likeness (QED) is 0.472. The van der Waals surface area contributed by atoms with Gasteiger partial charge in [-0.05, 0) is 60.7 Å². The Bertz CT molecular complexity index is 1220. The zero-order chi connectivity index (χ0) is 24.0. The van der Waals surface area contributed by atoms with Gasteiger partial charge in [-0.25, -0.2) is 17.6 Å². The number of anilines is 1. The molecule has 0 unspecified atom stereocenters. The topological polar surface area (TPSA) is 106 Å². The third-order valence-electron chi connectivity index (χ3n) is 4.75. The third kappa shape index (κ3) is 5.85. The number of halogens is 1. The molecule has 8 nitrogen and oxygen atoms in total. The first-order chi connectivity index (χ1) is 15.7. The number of ether oxygens (including phenoxy) is 1. The fraction of sp³-hybridized carbons (Fsp3) is 0.217. The van der Waals surface area contributed by atoms with Gasteiger partial charge >= 0.3 is 5.97 Å². The molecule has 0 spiro atoms. The van der Waals surface area contributed by atoms with Gasteiger partial charge in [0.05, 0.1) is 4.90 Å². The van der Waals surface area contributed by atoms with Crippen molar-refractivity contribution < 1.29 is 31.6 Å². The Kier molecular flexibility index (Phi) is 7.62. The summed E-state index contributed by atoms with van der Waals surface area (Å²) < 4.78 is 49.7. The molecule has 174 valence electrons. The minimum Gasteiger partial charge on any atom is -0.450 e. The van der Waals surface area contributed by atoms with Gasteiger partial charge in [-0.3, -0.25) is 4.79 Å². The number of hydrogen-bond donors (Lipinski definition) is 1. The molecule has 0 atom stereocenters. The Morgan fingerprint density at radius 3 is 2.21 bits per heavy atom. The van der Waals surface area contributed by atoms with Crippen LogP contribution < -0.4 is 5.32 Å². The van der Waals surface area contributed by atoms with Crippen LogP contribution in [0.25, 0.3) is 11.3 Å². The van der Waals surface area contributed by atoms with E-state index in [0.717, 1.165) is 0 Å². The van der Waals surface area contributed by atoms with Crippen LogP contribution >= 0.6 is 0 Å². The Morgan fingerprint density at radius 2 is 1.61 bits per heavy atom. The molecule has 0 aliphatic heterocycles. The third-order valence-corrected chi connectivity index (χ3v) is 6.82. The molecule has 0 aliphatic carbocycles. The number of esters is 1. The van der Waals surface area contributed by atoms with E-state index < -0.39 is 34.3 Å². The smallest absolute Gasteiger partial charge is 0.374 e. The van der Waals surface area contributed by atoms with Crippen LogP contribution in [0.3, 0.4) is 0 Å². The van der Waals surface area contributed by atoms with Crippen molar-refractivity contribution in [1.29, 1.82) is 0 Å². The number of hydrogen-bond acceptors (Lipinski definition) is 6. The van der Waals surface area contributed by atoms with Crippen LogP contribution in [0.1, 0.15) is 24.4 Å².